The van der Waals surface area contributed by atoms with E-state index < -0.39 is 6.10 Å². The lowest BCUT2D eigenvalue weighted by Crippen LogP contribution is -2.43. The summed E-state index contributed by atoms with van der Waals surface area (Å²) < 4.78 is 11.5. The Morgan fingerprint density at radius 2 is 1.60 bits per heavy atom. The maximum absolute atomic E-state index is 10.3. The fourth-order valence-electron chi connectivity index (χ4n) is 5.16. The molecule has 1 N–H and O–H groups in total. The predicted molar refractivity (Wildman–Crippen MR) is 125 cm³/mol. The van der Waals surface area contributed by atoms with E-state index in [-0.39, 0.29) is 5.41 Å². The van der Waals surface area contributed by atoms with E-state index in [0.29, 0.717) is 43.6 Å². The number of aliphatic hydroxyl groups is 1. The zero-order valence-corrected chi connectivity index (χ0v) is 20.4. The standard InChI is InChI=1S/C26H45NO3/c1-20-14-21(2)16-27(15-20)17-23(28)18-29-12-13-30-24-10-8-22(9-11-24)26(6,7)19-25(3,4)5/h8-11,20-21,23,28H,12-19H2,1-7H3/t20-,21-,23+/m1/s1. The van der Waals surface area contributed by atoms with E-state index >= 15 is 0 Å². The average Bonchev–Trinajstić information content (AvgIpc) is 2.59. The minimum atomic E-state index is -0.438. The number of piperidine rings is 1. The van der Waals surface area contributed by atoms with Crippen molar-refractivity contribution in [2.75, 3.05) is 39.5 Å². The molecule has 1 aromatic carbocycles. The summed E-state index contributed by atoms with van der Waals surface area (Å²) in [6.45, 7) is 20.3. The van der Waals surface area contributed by atoms with Crippen molar-refractivity contribution < 1.29 is 14.6 Å². The van der Waals surface area contributed by atoms with Gasteiger partial charge in [-0.05, 0) is 53.2 Å². The Bertz CT molecular complexity index is 610. The lowest BCUT2D eigenvalue weighted by atomic mass is 9.72. The summed E-state index contributed by atoms with van der Waals surface area (Å²) in [6.07, 6.45) is 1.98. The van der Waals surface area contributed by atoms with Crippen LogP contribution in [-0.2, 0) is 10.2 Å². The largest absolute Gasteiger partial charge is 0.491 e. The average molecular weight is 420 g/mol. The Balaban J connectivity index is 1.66. The van der Waals surface area contributed by atoms with E-state index in [2.05, 4.69) is 65.5 Å². The van der Waals surface area contributed by atoms with Gasteiger partial charge in [0.05, 0.1) is 19.3 Å². The molecule has 2 rings (SSSR count). The molecule has 1 saturated heterocycles. The highest BCUT2D eigenvalue weighted by Crippen LogP contribution is 2.36. The molecule has 3 atom stereocenters. The Morgan fingerprint density at radius 3 is 2.17 bits per heavy atom. The molecule has 0 spiro atoms. The molecule has 30 heavy (non-hydrogen) atoms. The summed E-state index contributed by atoms with van der Waals surface area (Å²) in [5, 5.41) is 10.3. The van der Waals surface area contributed by atoms with Gasteiger partial charge in [-0.1, -0.05) is 60.6 Å². The molecular formula is C26H45NO3. The summed E-state index contributed by atoms with van der Waals surface area (Å²) in [7, 11) is 0. The summed E-state index contributed by atoms with van der Waals surface area (Å²) in [5.41, 5.74) is 1.77. The first-order valence-corrected chi connectivity index (χ1v) is 11.7. The van der Waals surface area contributed by atoms with Crippen LogP contribution in [0.1, 0.15) is 66.9 Å². The van der Waals surface area contributed by atoms with E-state index in [1.54, 1.807) is 0 Å². The van der Waals surface area contributed by atoms with E-state index in [1.807, 2.05) is 12.1 Å². The van der Waals surface area contributed by atoms with Crippen molar-refractivity contribution >= 4 is 0 Å². The summed E-state index contributed by atoms with van der Waals surface area (Å²) in [4.78, 5) is 2.37. The highest BCUT2D eigenvalue weighted by Gasteiger charge is 2.27. The fourth-order valence-corrected chi connectivity index (χ4v) is 5.16. The number of likely N-dealkylation sites (tertiary alicyclic amines) is 1. The minimum Gasteiger partial charge on any atom is -0.491 e. The molecule has 0 bridgehead atoms. The van der Waals surface area contributed by atoms with Gasteiger partial charge in [0.25, 0.3) is 0 Å². The Morgan fingerprint density at radius 1 is 1.00 bits per heavy atom. The summed E-state index contributed by atoms with van der Waals surface area (Å²) in [6, 6.07) is 8.44. The lowest BCUT2D eigenvalue weighted by molar-refractivity contribution is -0.00211. The second-order valence-electron chi connectivity index (χ2n) is 11.4. The van der Waals surface area contributed by atoms with Crippen molar-refractivity contribution in [3.63, 3.8) is 0 Å². The molecule has 1 aliphatic rings. The van der Waals surface area contributed by atoms with Gasteiger partial charge in [0, 0.05) is 19.6 Å². The zero-order chi connectivity index (χ0) is 22.4. The van der Waals surface area contributed by atoms with Crippen molar-refractivity contribution in [1.29, 1.82) is 0 Å². The number of rotatable bonds is 10. The number of benzene rings is 1. The quantitative estimate of drug-likeness (QED) is 0.534. The van der Waals surface area contributed by atoms with Crippen LogP contribution >= 0.6 is 0 Å². The Kier molecular flexibility index (Phi) is 9.20. The summed E-state index contributed by atoms with van der Waals surface area (Å²) >= 11 is 0. The van der Waals surface area contributed by atoms with Crippen molar-refractivity contribution in [2.45, 2.75) is 72.8 Å². The van der Waals surface area contributed by atoms with Crippen LogP contribution in [0.2, 0.25) is 0 Å². The highest BCUT2D eigenvalue weighted by molar-refractivity contribution is 5.31. The molecule has 0 saturated carbocycles. The van der Waals surface area contributed by atoms with Crippen LogP contribution in [0.5, 0.6) is 5.75 Å². The monoisotopic (exact) mass is 419 g/mol. The molecule has 4 heteroatoms. The van der Waals surface area contributed by atoms with Gasteiger partial charge < -0.3 is 19.5 Å². The number of hydrogen-bond acceptors (Lipinski definition) is 4. The predicted octanol–water partition coefficient (Wildman–Crippen LogP) is 5.13. The van der Waals surface area contributed by atoms with Crippen LogP contribution in [0.15, 0.2) is 24.3 Å². The van der Waals surface area contributed by atoms with Crippen LogP contribution in [0.25, 0.3) is 0 Å². The molecule has 0 aliphatic carbocycles. The number of nitrogens with zero attached hydrogens (tertiary/aromatic N) is 1. The third-order valence-electron chi connectivity index (χ3n) is 5.83. The van der Waals surface area contributed by atoms with Gasteiger partial charge >= 0.3 is 0 Å². The minimum absolute atomic E-state index is 0.139. The molecule has 172 valence electrons. The maximum atomic E-state index is 10.3. The van der Waals surface area contributed by atoms with Crippen LogP contribution in [-0.4, -0.2) is 55.6 Å². The zero-order valence-electron chi connectivity index (χ0n) is 20.4. The number of ether oxygens (including phenoxy) is 2. The van der Waals surface area contributed by atoms with Crippen LogP contribution in [0.3, 0.4) is 0 Å². The van der Waals surface area contributed by atoms with Crippen molar-refractivity contribution in [3.8, 4) is 5.75 Å². The van der Waals surface area contributed by atoms with Crippen LogP contribution in [0, 0.1) is 17.3 Å². The third-order valence-corrected chi connectivity index (χ3v) is 5.83. The smallest absolute Gasteiger partial charge is 0.119 e. The molecule has 1 aliphatic heterocycles. The van der Waals surface area contributed by atoms with Gasteiger partial charge in [-0.15, -0.1) is 0 Å². The highest BCUT2D eigenvalue weighted by atomic mass is 16.5. The molecular weight excluding hydrogens is 374 g/mol. The molecule has 0 radical (unpaired) electrons. The number of β-amino-alcohol motifs (C(OH)–C–C–N with tert-alkyl or cyclic N) is 1. The fraction of sp³-hybridized carbons (Fsp3) is 0.769. The normalized spacial score (nSPS) is 22.1. The first kappa shape index (κ1) is 25.2. The maximum Gasteiger partial charge on any atom is 0.119 e. The molecule has 0 aromatic heterocycles. The molecule has 4 nitrogen and oxygen atoms in total. The van der Waals surface area contributed by atoms with Crippen LogP contribution < -0.4 is 4.74 Å². The van der Waals surface area contributed by atoms with Crippen molar-refractivity contribution in [1.82, 2.24) is 4.90 Å². The van der Waals surface area contributed by atoms with Crippen molar-refractivity contribution in [2.24, 2.45) is 17.3 Å². The third kappa shape index (κ3) is 8.95. The van der Waals surface area contributed by atoms with E-state index in [4.69, 9.17) is 9.47 Å². The van der Waals surface area contributed by atoms with Crippen LogP contribution in [0.4, 0.5) is 0 Å². The lowest BCUT2D eigenvalue weighted by Gasteiger charge is -2.35. The topological polar surface area (TPSA) is 41.9 Å². The van der Waals surface area contributed by atoms with E-state index in [0.717, 1.165) is 25.3 Å². The van der Waals surface area contributed by atoms with Gasteiger partial charge in [-0.2, -0.15) is 0 Å². The van der Waals surface area contributed by atoms with Gasteiger partial charge in [0.2, 0.25) is 0 Å². The second kappa shape index (κ2) is 11.0. The SMILES string of the molecule is C[C@@H]1C[C@@H](C)CN(C[C@H](O)COCCOc2ccc(C(C)(C)CC(C)(C)C)cc2)C1. The molecule has 1 fully saturated rings. The summed E-state index contributed by atoms with van der Waals surface area (Å²) in [5.74, 6) is 2.28. The molecule has 1 aromatic rings. The molecule has 0 unspecified atom stereocenters. The first-order chi connectivity index (χ1) is 13.9. The van der Waals surface area contributed by atoms with Gasteiger partial charge in [0.1, 0.15) is 12.4 Å². The van der Waals surface area contributed by atoms with Gasteiger partial charge in [0.15, 0.2) is 0 Å². The molecule has 0 amide bonds. The van der Waals surface area contributed by atoms with Gasteiger partial charge in [-0.3, -0.25) is 0 Å². The molecule has 1 heterocycles. The Labute approximate surface area is 185 Å². The first-order valence-electron chi connectivity index (χ1n) is 11.7. The van der Waals surface area contributed by atoms with E-state index in [1.165, 1.54) is 12.0 Å². The second-order valence-corrected chi connectivity index (χ2v) is 11.4. The van der Waals surface area contributed by atoms with E-state index in [9.17, 15) is 5.11 Å². The Hall–Kier alpha value is -1.10. The number of hydrogen-bond donors (Lipinski definition) is 1. The van der Waals surface area contributed by atoms with Crippen molar-refractivity contribution in [3.05, 3.63) is 29.8 Å². The number of aliphatic hydroxyl groups excluding tert-OH is 1. The van der Waals surface area contributed by atoms with Gasteiger partial charge in [-0.25, -0.2) is 0 Å².